The van der Waals surface area contributed by atoms with Gasteiger partial charge in [0.05, 0.1) is 24.0 Å². The molecule has 0 saturated carbocycles. The summed E-state index contributed by atoms with van der Waals surface area (Å²) in [7, 11) is 1.67. The molecule has 2 atom stereocenters. The van der Waals surface area contributed by atoms with E-state index in [1.54, 1.807) is 24.1 Å². The lowest BCUT2D eigenvalue weighted by atomic mass is 10.1. The van der Waals surface area contributed by atoms with Gasteiger partial charge in [0.1, 0.15) is 5.69 Å². The van der Waals surface area contributed by atoms with Crippen molar-refractivity contribution in [2.45, 2.75) is 18.6 Å². The molecular formula is C15H17N3O2. The highest BCUT2D eigenvalue weighted by Crippen LogP contribution is 2.17. The lowest BCUT2D eigenvalue weighted by molar-refractivity contribution is 0.0911. The lowest BCUT2D eigenvalue weighted by Crippen LogP contribution is -2.32. The largest absolute Gasteiger partial charge is 0.380 e. The number of nitrogens with one attached hydrogen (secondary N) is 1. The maximum absolute atomic E-state index is 12.6. The van der Waals surface area contributed by atoms with Crippen LogP contribution < -0.4 is 5.32 Å². The van der Waals surface area contributed by atoms with Crippen LogP contribution in [0.25, 0.3) is 5.69 Å². The molecule has 5 heteroatoms. The molecule has 2 heterocycles. The van der Waals surface area contributed by atoms with E-state index in [9.17, 15) is 4.79 Å². The van der Waals surface area contributed by atoms with Crippen molar-refractivity contribution in [3.63, 3.8) is 0 Å². The zero-order valence-electron chi connectivity index (χ0n) is 11.3. The normalized spacial score (nSPS) is 22.1. The van der Waals surface area contributed by atoms with E-state index in [4.69, 9.17) is 4.74 Å². The average molecular weight is 271 g/mol. The van der Waals surface area contributed by atoms with Gasteiger partial charge in [-0.25, -0.2) is 4.68 Å². The average Bonchev–Trinajstić information content (AvgIpc) is 3.16. The van der Waals surface area contributed by atoms with Gasteiger partial charge < -0.3 is 10.1 Å². The van der Waals surface area contributed by atoms with Gasteiger partial charge in [-0.05, 0) is 24.6 Å². The van der Waals surface area contributed by atoms with Crippen LogP contribution in [0.4, 0.5) is 0 Å². The third-order valence-corrected chi connectivity index (χ3v) is 3.64. The minimum absolute atomic E-state index is 0.0610. The van der Waals surface area contributed by atoms with Crippen LogP contribution in [0.3, 0.4) is 0 Å². The summed E-state index contributed by atoms with van der Waals surface area (Å²) in [5.41, 5.74) is 1.49. The molecule has 1 saturated heterocycles. The van der Waals surface area contributed by atoms with Crippen LogP contribution >= 0.6 is 0 Å². The number of benzene rings is 1. The second-order valence-corrected chi connectivity index (χ2v) is 4.88. The molecule has 2 unspecified atom stereocenters. The Balaban J connectivity index is 1.85. The maximum Gasteiger partial charge on any atom is 0.198 e. The Morgan fingerprint density at radius 3 is 2.85 bits per heavy atom. The van der Waals surface area contributed by atoms with Crippen LogP contribution in [0.5, 0.6) is 0 Å². The molecule has 1 aliphatic heterocycles. The minimum Gasteiger partial charge on any atom is -0.380 e. The van der Waals surface area contributed by atoms with Crippen LogP contribution in [0.1, 0.15) is 16.9 Å². The van der Waals surface area contributed by atoms with Crippen LogP contribution in [0.2, 0.25) is 0 Å². The number of rotatable bonds is 4. The molecule has 3 rings (SSSR count). The Morgan fingerprint density at radius 2 is 2.15 bits per heavy atom. The molecule has 0 spiro atoms. The van der Waals surface area contributed by atoms with E-state index in [0.717, 1.165) is 5.69 Å². The number of para-hydroxylation sites is 1. The van der Waals surface area contributed by atoms with E-state index in [1.807, 2.05) is 30.3 Å². The van der Waals surface area contributed by atoms with Gasteiger partial charge in [-0.1, -0.05) is 18.2 Å². The number of nitrogens with zero attached hydrogens (tertiary/aromatic N) is 2. The number of ketones is 1. The van der Waals surface area contributed by atoms with Gasteiger partial charge in [0.2, 0.25) is 0 Å². The number of hydrogen-bond acceptors (Lipinski definition) is 4. The molecular weight excluding hydrogens is 254 g/mol. The number of methoxy groups -OCH3 is 1. The Bertz CT molecular complexity index is 594. The van der Waals surface area contributed by atoms with Crippen molar-refractivity contribution in [1.82, 2.24) is 15.1 Å². The molecule has 0 radical (unpaired) electrons. The second-order valence-electron chi connectivity index (χ2n) is 4.88. The van der Waals surface area contributed by atoms with E-state index >= 15 is 0 Å². The van der Waals surface area contributed by atoms with Gasteiger partial charge in [-0.3, -0.25) is 4.79 Å². The fourth-order valence-corrected chi connectivity index (χ4v) is 2.53. The standard InChI is InChI=1S/C15H17N3O2/c1-20-12-9-13(16-10-12)15(19)14-7-8-17-18(14)11-5-3-2-4-6-11/h2-8,12-13,16H,9-10H2,1H3. The SMILES string of the molecule is COC1CNC(C(=O)c2ccnn2-c2ccccc2)C1. The molecule has 0 amide bonds. The smallest absolute Gasteiger partial charge is 0.198 e. The van der Waals surface area contributed by atoms with Gasteiger partial charge in [0.25, 0.3) is 0 Å². The molecule has 0 bridgehead atoms. The Hall–Kier alpha value is -1.98. The summed E-state index contributed by atoms with van der Waals surface area (Å²) in [4.78, 5) is 12.6. The summed E-state index contributed by atoms with van der Waals surface area (Å²) < 4.78 is 6.97. The fraction of sp³-hybridized carbons (Fsp3) is 0.333. The maximum atomic E-state index is 12.6. The monoisotopic (exact) mass is 271 g/mol. The van der Waals surface area contributed by atoms with Gasteiger partial charge in [-0.2, -0.15) is 5.10 Å². The third-order valence-electron chi connectivity index (χ3n) is 3.64. The first-order chi connectivity index (χ1) is 9.79. The summed E-state index contributed by atoms with van der Waals surface area (Å²) >= 11 is 0. The Morgan fingerprint density at radius 1 is 1.35 bits per heavy atom. The van der Waals surface area contributed by atoms with Gasteiger partial charge in [0, 0.05) is 13.7 Å². The molecule has 1 fully saturated rings. The van der Waals surface area contributed by atoms with Gasteiger partial charge in [0.15, 0.2) is 5.78 Å². The number of aromatic nitrogens is 2. The zero-order chi connectivity index (χ0) is 13.9. The number of carbonyl (C=O) groups is 1. The Kier molecular flexibility index (Phi) is 3.62. The molecule has 104 valence electrons. The minimum atomic E-state index is -0.195. The summed E-state index contributed by atoms with van der Waals surface area (Å²) in [6, 6.07) is 11.2. The molecule has 1 aromatic heterocycles. The summed E-state index contributed by atoms with van der Waals surface area (Å²) in [6.07, 6.45) is 2.47. The number of hydrogen-bond donors (Lipinski definition) is 1. The number of ether oxygens (including phenoxy) is 1. The van der Waals surface area contributed by atoms with Crippen molar-refractivity contribution in [3.8, 4) is 5.69 Å². The van der Waals surface area contributed by atoms with Crippen molar-refractivity contribution in [3.05, 3.63) is 48.3 Å². The van der Waals surface area contributed by atoms with Crippen LogP contribution in [0, 0.1) is 0 Å². The quantitative estimate of drug-likeness (QED) is 0.855. The second kappa shape index (κ2) is 5.56. The molecule has 1 aromatic carbocycles. The highest BCUT2D eigenvalue weighted by atomic mass is 16.5. The predicted octanol–water partition coefficient (Wildman–Crippen LogP) is 1.43. The number of Topliss-reactive ketones (excluding diaryl/α,β-unsaturated/α-hetero) is 1. The summed E-state index contributed by atoms with van der Waals surface area (Å²) in [5.74, 6) is 0.0610. The third kappa shape index (κ3) is 2.37. The first-order valence-electron chi connectivity index (χ1n) is 6.69. The van der Waals surface area contributed by atoms with Crippen LogP contribution in [-0.2, 0) is 4.74 Å². The van der Waals surface area contributed by atoms with Crippen molar-refractivity contribution in [2.24, 2.45) is 0 Å². The van der Waals surface area contributed by atoms with E-state index in [2.05, 4.69) is 10.4 Å². The summed E-state index contributed by atoms with van der Waals surface area (Å²) in [5, 5.41) is 7.46. The topological polar surface area (TPSA) is 56.1 Å². The highest BCUT2D eigenvalue weighted by molar-refractivity contribution is 5.99. The van der Waals surface area contributed by atoms with Gasteiger partial charge in [-0.15, -0.1) is 0 Å². The lowest BCUT2D eigenvalue weighted by Gasteiger charge is -2.11. The Labute approximate surface area is 117 Å². The molecule has 1 N–H and O–H groups in total. The van der Waals surface area contributed by atoms with E-state index in [1.165, 1.54) is 0 Å². The van der Waals surface area contributed by atoms with Crippen molar-refractivity contribution < 1.29 is 9.53 Å². The van der Waals surface area contributed by atoms with Crippen molar-refractivity contribution in [1.29, 1.82) is 0 Å². The molecule has 1 aliphatic rings. The molecule has 5 nitrogen and oxygen atoms in total. The van der Waals surface area contributed by atoms with Crippen molar-refractivity contribution >= 4 is 5.78 Å². The molecule has 2 aromatic rings. The zero-order valence-corrected chi connectivity index (χ0v) is 11.3. The van der Waals surface area contributed by atoms with Gasteiger partial charge >= 0.3 is 0 Å². The van der Waals surface area contributed by atoms with E-state index in [0.29, 0.717) is 18.7 Å². The van der Waals surface area contributed by atoms with Crippen LogP contribution in [0.15, 0.2) is 42.6 Å². The number of carbonyl (C=O) groups excluding carboxylic acids is 1. The van der Waals surface area contributed by atoms with Crippen molar-refractivity contribution in [2.75, 3.05) is 13.7 Å². The fourth-order valence-electron chi connectivity index (χ4n) is 2.53. The van der Waals surface area contributed by atoms with Crippen LogP contribution in [-0.4, -0.2) is 41.4 Å². The van der Waals surface area contributed by atoms with E-state index in [-0.39, 0.29) is 17.9 Å². The first kappa shape index (κ1) is 13.0. The predicted molar refractivity (Wildman–Crippen MR) is 75.1 cm³/mol. The summed E-state index contributed by atoms with van der Waals surface area (Å²) in [6.45, 7) is 0.715. The highest BCUT2D eigenvalue weighted by Gasteiger charge is 2.31. The molecule has 20 heavy (non-hydrogen) atoms. The molecule has 0 aliphatic carbocycles. The van der Waals surface area contributed by atoms with E-state index < -0.39 is 0 Å². The first-order valence-corrected chi connectivity index (χ1v) is 6.69.